The Bertz CT molecular complexity index is 153. The summed E-state index contributed by atoms with van der Waals surface area (Å²) in [5.41, 5.74) is 6.34. The van der Waals surface area contributed by atoms with Gasteiger partial charge < -0.3 is 11.1 Å². The number of hydrogen-bond acceptors (Lipinski definition) is 2. The van der Waals surface area contributed by atoms with Crippen molar-refractivity contribution in [1.82, 2.24) is 5.32 Å². The molecule has 0 radical (unpaired) electrons. The molecule has 0 aliphatic carbocycles. The molecule has 0 heterocycles. The molecular weight excluding hydrogens is 184 g/mol. The lowest BCUT2D eigenvalue weighted by molar-refractivity contribution is 0.237. The molecule has 0 aliphatic rings. The van der Waals surface area contributed by atoms with Crippen LogP contribution in [0.15, 0.2) is 0 Å². The molecule has 0 fully saturated rings. The van der Waals surface area contributed by atoms with Crippen molar-refractivity contribution in [2.75, 3.05) is 13.1 Å². The second-order valence-corrected chi connectivity index (χ2v) is 5.66. The molecule has 0 saturated heterocycles. The molecule has 2 nitrogen and oxygen atoms in total. The molecule has 0 aliphatic heterocycles. The Hall–Kier alpha value is -0.0800. The first-order chi connectivity index (χ1) is 6.90. The summed E-state index contributed by atoms with van der Waals surface area (Å²) in [6.07, 6.45) is 3.44. The highest BCUT2D eigenvalue weighted by molar-refractivity contribution is 4.75. The van der Waals surface area contributed by atoms with E-state index in [2.05, 4.69) is 39.9 Å². The quantitative estimate of drug-likeness (QED) is 0.610. The lowest BCUT2D eigenvalue weighted by atomic mass is 9.81. The van der Waals surface area contributed by atoms with Crippen LogP contribution in [0.5, 0.6) is 0 Å². The summed E-state index contributed by atoms with van der Waals surface area (Å²) in [4.78, 5) is 0. The van der Waals surface area contributed by atoms with Gasteiger partial charge in [-0.2, -0.15) is 0 Å². The number of hydrogen-bond donors (Lipinski definition) is 2. The van der Waals surface area contributed by atoms with Gasteiger partial charge in [0.2, 0.25) is 0 Å². The van der Waals surface area contributed by atoms with Crippen molar-refractivity contribution in [3.63, 3.8) is 0 Å². The van der Waals surface area contributed by atoms with Gasteiger partial charge in [0, 0.05) is 12.6 Å². The molecule has 92 valence electrons. The predicted molar refractivity (Wildman–Crippen MR) is 69.0 cm³/mol. The van der Waals surface area contributed by atoms with Crippen molar-refractivity contribution in [3.05, 3.63) is 0 Å². The molecule has 15 heavy (non-hydrogen) atoms. The lowest BCUT2D eigenvalue weighted by Crippen LogP contribution is -2.35. The minimum absolute atomic E-state index is 0.379. The van der Waals surface area contributed by atoms with Crippen LogP contribution in [0.3, 0.4) is 0 Å². The molecule has 0 saturated carbocycles. The molecule has 0 aromatic carbocycles. The molecule has 0 spiro atoms. The van der Waals surface area contributed by atoms with Gasteiger partial charge in [-0.05, 0) is 30.7 Å². The highest BCUT2D eigenvalue weighted by Crippen LogP contribution is 2.24. The van der Waals surface area contributed by atoms with Crippen molar-refractivity contribution >= 4 is 0 Å². The first-order valence-corrected chi connectivity index (χ1v) is 6.36. The van der Waals surface area contributed by atoms with Gasteiger partial charge in [0.25, 0.3) is 0 Å². The van der Waals surface area contributed by atoms with Crippen LogP contribution in [0, 0.1) is 11.3 Å². The Labute approximate surface area is 96.0 Å². The molecule has 0 rings (SSSR count). The largest absolute Gasteiger partial charge is 0.328 e. The van der Waals surface area contributed by atoms with Crippen LogP contribution < -0.4 is 11.1 Å². The van der Waals surface area contributed by atoms with E-state index >= 15 is 0 Å². The SMILES string of the molecule is CCCC(N)CCNCC(C)(C)C(C)C. The Balaban J connectivity index is 3.54. The average molecular weight is 214 g/mol. The van der Waals surface area contributed by atoms with E-state index in [-0.39, 0.29) is 0 Å². The third-order valence-corrected chi connectivity index (χ3v) is 3.49. The summed E-state index contributed by atoms with van der Waals surface area (Å²) in [6, 6.07) is 0.379. The molecule has 0 bridgehead atoms. The molecule has 1 unspecified atom stereocenters. The summed E-state index contributed by atoms with van der Waals surface area (Å²) in [7, 11) is 0. The molecule has 2 heteroatoms. The van der Waals surface area contributed by atoms with E-state index in [1.807, 2.05) is 0 Å². The third-order valence-electron chi connectivity index (χ3n) is 3.49. The second-order valence-electron chi connectivity index (χ2n) is 5.66. The average Bonchev–Trinajstić information content (AvgIpc) is 2.13. The maximum atomic E-state index is 5.95. The summed E-state index contributed by atoms with van der Waals surface area (Å²) < 4.78 is 0. The minimum Gasteiger partial charge on any atom is -0.328 e. The van der Waals surface area contributed by atoms with Crippen LogP contribution in [-0.2, 0) is 0 Å². The van der Waals surface area contributed by atoms with Crippen molar-refractivity contribution in [2.45, 2.75) is 59.9 Å². The lowest BCUT2D eigenvalue weighted by Gasteiger charge is -2.29. The summed E-state index contributed by atoms with van der Waals surface area (Å²) in [5.74, 6) is 0.717. The van der Waals surface area contributed by atoms with E-state index in [1.54, 1.807) is 0 Å². The van der Waals surface area contributed by atoms with E-state index < -0.39 is 0 Å². The van der Waals surface area contributed by atoms with Gasteiger partial charge in [0.05, 0.1) is 0 Å². The predicted octanol–water partition coefficient (Wildman–Crippen LogP) is 2.78. The first-order valence-electron chi connectivity index (χ1n) is 6.36. The number of nitrogens with one attached hydrogen (secondary N) is 1. The van der Waals surface area contributed by atoms with Crippen molar-refractivity contribution in [1.29, 1.82) is 0 Å². The van der Waals surface area contributed by atoms with Crippen LogP contribution in [0.25, 0.3) is 0 Å². The zero-order valence-electron chi connectivity index (χ0n) is 11.3. The summed E-state index contributed by atoms with van der Waals surface area (Å²) in [5, 5.41) is 3.52. The topological polar surface area (TPSA) is 38.0 Å². The van der Waals surface area contributed by atoms with E-state index in [1.165, 1.54) is 6.42 Å². The zero-order chi connectivity index (χ0) is 11.9. The van der Waals surface area contributed by atoms with Crippen molar-refractivity contribution < 1.29 is 0 Å². The molecule has 0 aromatic rings. The van der Waals surface area contributed by atoms with E-state index in [9.17, 15) is 0 Å². The second kappa shape index (κ2) is 7.24. The molecule has 3 N–H and O–H groups in total. The van der Waals surface area contributed by atoms with Crippen LogP contribution in [0.4, 0.5) is 0 Å². The molecular formula is C13H30N2. The van der Waals surface area contributed by atoms with Crippen LogP contribution in [0.1, 0.15) is 53.9 Å². The highest BCUT2D eigenvalue weighted by atomic mass is 14.9. The summed E-state index contributed by atoms with van der Waals surface area (Å²) in [6.45, 7) is 13.5. The number of rotatable bonds is 8. The fourth-order valence-electron chi connectivity index (χ4n) is 1.42. The van der Waals surface area contributed by atoms with Gasteiger partial charge in [-0.15, -0.1) is 0 Å². The smallest absolute Gasteiger partial charge is 0.00508 e. The van der Waals surface area contributed by atoms with Gasteiger partial charge in [-0.25, -0.2) is 0 Å². The van der Waals surface area contributed by atoms with E-state index in [4.69, 9.17) is 5.73 Å². The molecule has 1 atom stereocenters. The Morgan fingerprint density at radius 2 is 1.80 bits per heavy atom. The Morgan fingerprint density at radius 1 is 1.20 bits per heavy atom. The summed E-state index contributed by atoms with van der Waals surface area (Å²) >= 11 is 0. The van der Waals surface area contributed by atoms with Crippen LogP contribution in [0.2, 0.25) is 0 Å². The third kappa shape index (κ3) is 6.91. The molecule has 0 amide bonds. The van der Waals surface area contributed by atoms with E-state index in [0.717, 1.165) is 25.9 Å². The van der Waals surface area contributed by atoms with Gasteiger partial charge in [0.15, 0.2) is 0 Å². The minimum atomic E-state index is 0.379. The Morgan fingerprint density at radius 3 is 2.27 bits per heavy atom. The maximum Gasteiger partial charge on any atom is 0.00508 e. The fourth-order valence-corrected chi connectivity index (χ4v) is 1.42. The first kappa shape index (κ1) is 14.9. The fraction of sp³-hybridized carbons (Fsp3) is 1.00. The number of nitrogens with two attached hydrogens (primary N) is 1. The van der Waals surface area contributed by atoms with Crippen molar-refractivity contribution in [2.24, 2.45) is 17.1 Å². The van der Waals surface area contributed by atoms with Crippen LogP contribution >= 0.6 is 0 Å². The van der Waals surface area contributed by atoms with Gasteiger partial charge in [0.1, 0.15) is 0 Å². The van der Waals surface area contributed by atoms with Gasteiger partial charge >= 0.3 is 0 Å². The Kier molecular flexibility index (Phi) is 7.20. The maximum absolute atomic E-state index is 5.95. The van der Waals surface area contributed by atoms with Gasteiger partial charge in [-0.3, -0.25) is 0 Å². The standard InChI is InChI=1S/C13H30N2/c1-6-7-12(14)8-9-15-10-13(4,5)11(2)3/h11-12,15H,6-10,14H2,1-5H3. The van der Waals surface area contributed by atoms with Gasteiger partial charge in [-0.1, -0.05) is 41.0 Å². The molecule has 0 aromatic heterocycles. The van der Waals surface area contributed by atoms with Crippen LogP contribution in [-0.4, -0.2) is 19.1 Å². The van der Waals surface area contributed by atoms with Crippen molar-refractivity contribution in [3.8, 4) is 0 Å². The zero-order valence-corrected chi connectivity index (χ0v) is 11.3. The normalized spacial score (nSPS) is 14.6. The highest BCUT2D eigenvalue weighted by Gasteiger charge is 2.21. The monoisotopic (exact) mass is 214 g/mol. The van der Waals surface area contributed by atoms with E-state index in [0.29, 0.717) is 17.4 Å².